The molecule has 3 rings (SSSR count). The van der Waals surface area contributed by atoms with Crippen LogP contribution in [0, 0.1) is 0 Å². The van der Waals surface area contributed by atoms with Crippen LogP contribution < -0.4 is 11.1 Å². The van der Waals surface area contributed by atoms with Gasteiger partial charge >= 0.3 is 0 Å². The summed E-state index contributed by atoms with van der Waals surface area (Å²) in [5.41, 5.74) is 6.55. The third-order valence-electron chi connectivity index (χ3n) is 3.99. The van der Waals surface area contributed by atoms with Gasteiger partial charge in [0, 0.05) is 6.20 Å². The van der Waals surface area contributed by atoms with Gasteiger partial charge < -0.3 is 15.8 Å². The van der Waals surface area contributed by atoms with Crippen molar-refractivity contribution in [1.82, 2.24) is 19.9 Å². The van der Waals surface area contributed by atoms with E-state index < -0.39 is 11.6 Å². The SMILES string of the molecule is CC(C)(N)C(=O)N[C@H](COCc1ccccc1)c1nnc2ccc(Cl)cn12. The lowest BCUT2D eigenvalue weighted by atomic mass is 10.1. The lowest BCUT2D eigenvalue weighted by Gasteiger charge is -2.23. The average molecular weight is 388 g/mol. The van der Waals surface area contributed by atoms with Crippen LogP contribution in [0.15, 0.2) is 48.7 Å². The fraction of sp³-hybridized carbons (Fsp3) is 0.316. The maximum atomic E-state index is 12.4. The van der Waals surface area contributed by atoms with Gasteiger partial charge in [0.25, 0.3) is 0 Å². The molecular formula is C19H22ClN5O2. The Balaban J connectivity index is 1.82. The molecule has 3 N–H and O–H groups in total. The molecule has 1 amide bonds. The van der Waals surface area contributed by atoms with Gasteiger partial charge in [-0.3, -0.25) is 9.20 Å². The van der Waals surface area contributed by atoms with Gasteiger partial charge in [0.2, 0.25) is 5.91 Å². The Bertz CT molecular complexity index is 921. The molecule has 2 aromatic heterocycles. The predicted octanol–water partition coefficient (Wildman–Crippen LogP) is 2.49. The molecule has 142 valence electrons. The zero-order chi connectivity index (χ0) is 19.4. The lowest BCUT2D eigenvalue weighted by Crippen LogP contribution is -2.50. The van der Waals surface area contributed by atoms with Gasteiger partial charge in [-0.05, 0) is 31.5 Å². The fourth-order valence-corrected chi connectivity index (χ4v) is 2.67. The number of nitrogens with two attached hydrogens (primary N) is 1. The van der Waals surface area contributed by atoms with Crippen molar-refractivity contribution in [3.8, 4) is 0 Å². The molecule has 0 bridgehead atoms. The lowest BCUT2D eigenvalue weighted by molar-refractivity contribution is -0.126. The summed E-state index contributed by atoms with van der Waals surface area (Å²) in [6, 6.07) is 12.8. The molecular weight excluding hydrogens is 366 g/mol. The van der Waals surface area contributed by atoms with E-state index in [2.05, 4.69) is 15.5 Å². The summed E-state index contributed by atoms with van der Waals surface area (Å²) in [5.74, 6) is 0.216. The van der Waals surface area contributed by atoms with Crippen molar-refractivity contribution < 1.29 is 9.53 Å². The second kappa shape index (κ2) is 8.04. The Hall–Kier alpha value is -2.48. The topological polar surface area (TPSA) is 94.5 Å². The van der Waals surface area contributed by atoms with Gasteiger partial charge in [0.15, 0.2) is 11.5 Å². The summed E-state index contributed by atoms with van der Waals surface area (Å²) in [4.78, 5) is 12.4. The first-order valence-electron chi connectivity index (χ1n) is 8.56. The smallest absolute Gasteiger partial charge is 0.240 e. The summed E-state index contributed by atoms with van der Waals surface area (Å²) in [6.45, 7) is 3.91. The highest BCUT2D eigenvalue weighted by Crippen LogP contribution is 2.18. The number of carbonyl (C=O) groups is 1. The van der Waals surface area contributed by atoms with E-state index in [1.807, 2.05) is 30.3 Å². The van der Waals surface area contributed by atoms with Gasteiger partial charge in [-0.15, -0.1) is 10.2 Å². The number of rotatable bonds is 7. The standard InChI is InChI=1S/C19H22ClN5O2/c1-19(2,21)18(26)22-15(12-27-11-13-6-4-3-5-7-13)17-24-23-16-9-8-14(20)10-25(16)17/h3-10,15H,11-12,21H2,1-2H3,(H,22,26)/t15-/m1/s1. The van der Waals surface area contributed by atoms with E-state index in [4.69, 9.17) is 22.1 Å². The van der Waals surface area contributed by atoms with E-state index in [1.165, 1.54) is 0 Å². The van der Waals surface area contributed by atoms with Crippen molar-refractivity contribution in [2.75, 3.05) is 6.61 Å². The summed E-state index contributed by atoms with van der Waals surface area (Å²) in [7, 11) is 0. The molecule has 0 saturated heterocycles. The van der Waals surface area contributed by atoms with E-state index in [0.717, 1.165) is 5.56 Å². The molecule has 27 heavy (non-hydrogen) atoms. The molecule has 7 nitrogen and oxygen atoms in total. The van der Waals surface area contributed by atoms with Crippen molar-refractivity contribution in [1.29, 1.82) is 0 Å². The molecule has 1 aromatic carbocycles. The van der Waals surface area contributed by atoms with Gasteiger partial charge in [0.1, 0.15) is 6.04 Å². The predicted molar refractivity (Wildman–Crippen MR) is 103 cm³/mol. The number of nitrogens with zero attached hydrogens (tertiary/aromatic N) is 3. The number of amides is 1. The molecule has 0 saturated carbocycles. The molecule has 0 spiro atoms. The van der Waals surface area contributed by atoms with Crippen LogP contribution in [-0.4, -0.2) is 32.7 Å². The molecule has 1 atom stereocenters. The number of fused-ring (bicyclic) bond motifs is 1. The summed E-state index contributed by atoms with van der Waals surface area (Å²) < 4.78 is 7.57. The molecule has 0 fully saturated rings. The number of benzene rings is 1. The highest BCUT2D eigenvalue weighted by Gasteiger charge is 2.28. The van der Waals surface area contributed by atoms with Crippen molar-refractivity contribution in [3.63, 3.8) is 0 Å². The molecule has 8 heteroatoms. The molecule has 0 radical (unpaired) electrons. The van der Waals surface area contributed by atoms with Crippen molar-refractivity contribution >= 4 is 23.2 Å². The second-order valence-corrected chi connectivity index (χ2v) is 7.32. The highest BCUT2D eigenvalue weighted by molar-refractivity contribution is 6.30. The Kier molecular flexibility index (Phi) is 5.74. The second-order valence-electron chi connectivity index (χ2n) is 6.88. The van der Waals surface area contributed by atoms with Crippen LogP contribution in [0.2, 0.25) is 5.02 Å². The van der Waals surface area contributed by atoms with Crippen LogP contribution in [0.4, 0.5) is 0 Å². The zero-order valence-corrected chi connectivity index (χ0v) is 16.0. The first-order valence-corrected chi connectivity index (χ1v) is 8.94. The van der Waals surface area contributed by atoms with E-state index in [0.29, 0.717) is 23.1 Å². The van der Waals surface area contributed by atoms with Gasteiger partial charge in [-0.2, -0.15) is 0 Å². The minimum Gasteiger partial charge on any atom is -0.374 e. The summed E-state index contributed by atoms with van der Waals surface area (Å²) >= 11 is 6.10. The number of pyridine rings is 1. The quantitative estimate of drug-likeness (QED) is 0.649. The number of aromatic nitrogens is 3. The van der Waals surface area contributed by atoms with Gasteiger partial charge in [-0.25, -0.2) is 0 Å². The first-order chi connectivity index (χ1) is 12.8. The largest absolute Gasteiger partial charge is 0.374 e. The van der Waals surface area contributed by atoms with E-state index in [9.17, 15) is 4.79 Å². The van der Waals surface area contributed by atoms with Gasteiger partial charge in [0.05, 0.1) is 23.8 Å². The molecule has 0 aliphatic heterocycles. The third-order valence-corrected chi connectivity index (χ3v) is 4.21. The van der Waals surface area contributed by atoms with Crippen LogP contribution in [-0.2, 0) is 16.1 Å². The van der Waals surface area contributed by atoms with E-state index in [1.54, 1.807) is 36.6 Å². The summed E-state index contributed by atoms with van der Waals surface area (Å²) in [5, 5.41) is 11.8. The maximum Gasteiger partial charge on any atom is 0.240 e. The van der Waals surface area contributed by atoms with Gasteiger partial charge in [-0.1, -0.05) is 41.9 Å². The normalized spacial score (nSPS) is 12.9. The van der Waals surface area contributed by atoms with E-state index in [-0.39, 0.29) is 12.5 Å². The molecule has 0 unspecified atom stereocenters. The molecule has 2 heterocycles. The average Bonchev–Trinajstić information content (AvgIpc) is 3.03. The molecule has 3 aromatic rings. The number of hydrogen-bond donors (Lipinski definition) is 2. The van der Waals surface area contributed by atoms with Crippen molar-refractivity contribution in [2.24, 2.45) is 5.73 Å². The molecule has 0 aliphatic carbocycles. The Morgan fingerprint density at radius 2 is 2.00 bits per heavy atom. The number of ether oxygens (including phenoxy) is 1. The van der Waals surface area contributed by atoms with Crippen LogP contribution in [0.25, 0.3) is 5.65 Å². The van der Waals surface area contributed by atoms with Crippen molar-refractivity contribution in [2.45, 2.75) is 32.0 Å². The minimum absolute atomic E-state index is 0.212. The van der Waals surface area contributed by atoms with Crippen LogP contribution in [0.1, 0.15) is 31.3 Å². The Morgan fingerprint density at radius 1 is 1.26 bits per heavy atom. The zero-order valence-electron chi connectivity index (χ0n) is 15.2. The number of nitrogens with one attached hydrogen (secondary N) is 1. The summed E-state index contributed by atoms with van der Waals surface area (Å²) in [6.07, 6.45) is 1.70. The minimum atomic E-state index is -1.03. The highest BCUT2D eigenvalue weighted by atomic mass is 35.5. The van der Waals surface area contributed by atoms with E-state index >= 15 is 0 Å². The number of hydrogen-bond acceptors (Lipinski definition) is 5. The molecule has 0 aliphatic rings. The van der Waals surface area contributed by atoms with Crippen LogP contribution in [0.5, 0.6) is 0 Å². The third kappa shape index (κ3) is 4.82. The number of halogens is 1. The van der Waals surface area contributed by atoms with Crippen molar-refractivity contribution in [3.05, 3.63) is 65.1 Å². The Labute approximate surface area is 162 Å². The first kappa shape index (κ1) is 19.3. The van der Waals surface area contributed by atoms with Crippen LogP contribution in [0.3, 0.4) is 0 Å². The number of carbonyl (C=O) groups excluding carboxylic acids is 1. The van der Waals surface area contributed by atoms with Crippen LogP contribution >= 0.6 is 11.6 Å². The monoisotopic (exact) mass is 387 g/mol. The maximum absolute atomic E-state index is 12.4. The Morgan fingerprint density at radius 3 is 2.70 bits per heavy atom. The fourth-order valence-electron chi connectivity index (χ4n) is 2.51.